The SMILES string of the molecule is Cc1cccc(C(=O)c2cncnc2)c1I. The maximum atomic E-state index is 12.1. The van der Waals surface area contributed by atoms with Crippen LogP contribution in [-0.2, 0) is 0 Å². The Balaban J connectivity index is 2.46. The van der Waals surface area contributed by atoms with Crippen molar-refractivity contribution < 1.29 is 4.79 Å². The van der Waals surface area contributed by atoms with Crippen molar-refractivity contribution in [3.63, 3.8) is 0 Å². The van der Waals surface area contributed by atoms with Crippen molar-refractivity contribution >= 4 is 28.4 Å². The van der Waals surface area contributed by atoms with E-state index in [2.05, 4.69) is 32.6 Å². The van der Waals surface area contributed by atoms with E-state index in [0.29, 0.717) is 11.1 Å². The van der Waals surface area contributed by atoms with Gasteiger partial charge in [0.05, 0.1) is 5.56 Å². The lowest BCUT2D eigenvalue weighted by Gasteiger charge is -2.05. The summed E-state index contributed by atoms with van der Waals surface area (Å²) in [6.45, 7) is 1.99. The van der Waals surface area contributed by atoms with Gasteiger partial charge in [-0.2, -0.15) is 0 Å². The van der Waals surface area contributed by atoms with Crippen molar-refractivity contribution in [2.75, 3.05) is 0 Å². The quantitative estimate of drug-likeness (QED) is 0.630. The Morgan fingerprint density at radius 1 is 1.25 bits per heavy atom. The Morgan fingerprint density at radius 2 is 1.94 bits per heavy atom. The number of nitrogens with zero attached hydrogens (tertiary/aromatic N) is 2. The van der Waals surface area contributed by atoms with Gasteiger partial charge in [-0.05, 0) is 41.1 Å². The molecule has 1 aromatic heterocycles. The Kier molecular flexibility index (Phi) is 3.28. The van der Waals surface area contributed by atoms with Gasteiger partial charge in [-0.1, -0.05) is 12.1 Å². The number of carbonyl (C=O) groups excluding carboxylic acids is 1. The number of benzene rings is 1. The topological polar surface area (TPSA) is 42.9 Å². The Hall–Kier alpha value is -1.30. The van der Waals surface area contributed by atoms with Gasteiger partial charge in [-0.3, -0.25) is 4.79 Å². The molecule has 0 unspecified atom stereocenters. The molecule has 3 nitrogen and oxygen atoms in total. The van der Waals surface area contributed by atoms with Crippen LogP contribution in [0.25, 0.3) is 0 Å². The molecule has 0 bridgehead atoms. The molecule has 0 aliphatic carbocycles. The predicted molar refractivity (Wildman–Crippen MR) is 69.4 cm³/mol. The molecule has 0 radical (unpaired) electrons. The number of rotatable bonds is 2. The third-order valence-corrected chi connectivity index (χ3v) is 3.69. The number of ketones is 1. The smallest absolute Gasteiger partial charge is 0.197 e. The lowest BCUT2D eigenvalue weighted by Crippen LogP contribution is -2.05. The van der Waals surface area contributed by atoms with Crippen LogP contribution in [0.4, 0.5) is 0 Å². The van der Waals surface area contributed by atoms with Crippen LogP contribution < -0.4 is 0 Å². The molecular formula is C12H9IN2O. The first kappa shape index (κ1) is 11.2. The number of hydrogen-bond donors (Lipinski definition) is 0. The average molecular weight is 324 g/mol. The highest BCUT2D eigenvalue weighted by molar-refractivity contribution is 14.1. The molecule has 80 valence electrons. The fraction of sp³-hybridized carbons (Fsp3) is 0.0833. The van der Waals surface area contributed by atoms with Crippen molar-refractivity contribution in [1.29, 1.82) is 0 Å². The van der Waals surface area contributed by atoms with E-state index in [1.54, 1.807) is 0 Å². The Morgan fingerprint density at radius 3 is 2.62 bits per heavy atom. The zero-order valence-electron chi connectivity index (χ0n) is 8.64. The molecule has 2 aromatic rings. The molecule has 16 heavy (non-hydrogen) atoms. The van der Waals surface area contributed by atoms with Crippen LogP contribution in [0.15, 0.2) is 36.9 Å². The molecule has 0 saturated heterocycles. The third-order valence-electron chi connectivity index (χ3n) is 2.26. The lowest BCUT2D eigenvalue weighted by atomic mass is 10.0. The van der Waals surface area contributed by atoms with Gasteiger partial charge in [0.25, 0.3) is 0 Å². The number of carbonyl (C=O) groups is 1. The van der Waals surface area contributed by atoms with Gasteiger partial charge in [0.1, 0.15) is 6.33 Å². The summed E-state index contributed by atoms with van der Waals surface area (Å²) in [4.78, 5) is 19.8. The second-order valence-corrected chi connectivity index (χ2v) is 4.47. The van der Waals surface area contributed by atoms with Crippen LogP contribution in [0.3, 0.4) is 0 Å². The van der Waals surface area contributed by atoms with Gasteiger partial charge in [0.2, 0.25) is 0 Å². The number of aromatic nitrogens is 2. The van der Waals surface area contributed by atoms with Gasteiger partial charge in [-0.15, -0.1) is 0 Å². The molecule has 0 N–H and O–H groups in total. The summed E-state index contributed by atoms with van der Waals surface area (Å²) < 4.78 is 0.981. The van der Waals surface area contributed by atoms with Gasteiger partial charge in [0, 0.05) is 21.5 Å². The normalized spacial score (nSPS) is 10.1. The van der Waals surface area contributed by atoms with E-state index in [1.165, 1.54) is 18.7 Å². The minimum atomic E-state index is -0.0336. The fourth-order valence-electron chi connectivity index (χ4n) is 1.39. The van der Waals surface area contributed by atoms with Crippen molar-refractivity contribution in [1.82, 2.24) is 9.97 Å². The van der Waals surface area contributed by atoms with Crippen LogP contribution in [0, 0.1) is 10.5 Å². The number of aryl methyl sites for hydroxylation is 1. The Bertz CT molecular complexity index is 526. The average Bonchev–Trinajstić information content (AvgIpc) is 2.33. The van der Waals surface area contributed by atoms with E-state index in [1.807, 2.05) is 25.1 Å². The molecule has 1 heterocycles. The zero-order chi connectivity index (χ0) is 11.5. The summed E-state index contributed by atoms with van der Waals surface area (Å²) in [6.07, 6.45) is 4.49. The Labute approximate surface area is 107 Å². The van der Waals surface area contributed by atoms with Gasteiger partial charge in [0.15, 0.2) is 5.78 Å². The molecule has 0 saturated carbocycles. The monoisotopic (exact) mass is 324 g/mol. The summed E-state index contributed by atoms with van der Waals surface area (Å²) in [5, 5.41) is 0. The minimum absolute atomic E-state index is 0.0336. The predicted octanol–water partition coefficient (Wildman–Crippen LogP) is 2.62. The molecule has 0 amide bonds. The molecule has 4 heteroatoms. The molecule has 2 rings (SSSR count). The second-order valence-electron chi connectivity index (χ2n) is 3.39. The fourth-order valence-corrected chi connectivity index (χ4v) is 2.00. The maximum absolute atomic E-state index is 12.1. The van der Waals surface area contributed by atoms with Crippen molar-refractivity contribution in [3.8, 4) is 0 Å². The summed E-state index contributed by atoms with van der Waals surface area (Å²) in [5.74, 6) is -0.0336. The first-order valence-electron chi connectivity index (χ1n) is 4.75. The third kappa shape index (κ3) is 2.11. The van der Waals surface area contributed by atoms with E-state index in [4.69, 9.17) is 0 Å². The van der Waals surface area contributed by atoms with Crippen LogP contribution in [0.2, 0.25) is 0 Å². The van der Waals surface area contributed by atoms with E-state index < -0.39 is 0 Å². The molecule has 1 aromatic carbocycles. The van der Waals surface area contributed by atoms with E-state index >= 15 is 0 Å². The maximum Gasteiger partial charge on any atom is 0.197 e. The van der Waals surface area contributed by atoms with Crippen molar-refractivity contribution in [2.45, 2.75) is 6.92 Å². The molecule has 0 fully saturated rings. The summed E-state index contributed by atoms with van der Waals surface area (Å²) in [6, 6.07) is 5.69. The molecule has 0 aliphatic heterocycles. The van der Waals surface area contributed by atoms with Crippen LogP contribution in [0.1, 0.15) is 21.5 Å². The summed E-state index contributed by atoms with van der Waals surface area (Å²) in [7, 11) is 0. The first-order valence-corrected chi connectivity index (χ1v) is 5.83. The summed E-state index contributed by atoms with van der Waals surface area (Å²) >= 11 is 2.19. The van der Waals surface area contributed by atoms with Crippen LogP contribution in [0.5, 0.6) is 0 Å². The second kappa shape index (κ2) is 4.69. The number of halogens is 1. The van der Waals surface area contributed by atoms with Gasteiger partial charge in [-0.25, -0.2) is 9.97 Å². The molecule has 0 spiro atoms. The van der Waals surface area contributed by atoms with E-state index in [0.717, 1.165) is 9.13 Å². The van der Waals surface area contributed by atoms with Crippen molar-refractivity contribution in [2.24, 2.45) is 0 Å². The lowest BCUT2D eigenvalue weighted by molar-refractivity contribution is 0.103. The van der Waals surface area contributed by atoms with Crippen molar-refractivity contribution in [3.05, 3.63) is 57.2 Å². The number of hydrogen-bond acceptors (Lipinski definition) is 3. The highest BCUT2D eigenvalue weighted by Crippen LogP contribution is 2.19. The highest BCUT2D eigenvalue weighted by Gasteiger charge is 2.13. The standard InChI is InChI=1S/C12H9IN2O/c1-8-3-2-4-10(11(8)13)12(16)9-5-14-7-15-6-9/h2-7H,1H3. The van der Waals surface area contributed by atoms with Gasteiger partial charge < -0.3 is 0 Å². The van der Waals surface area contributed by atoms with Gasteiger partial charge >= 0.3 is 0 Å². The molecule has 0 atom stereocenters. The van der Waals surface area contributed by atoms with E-state index in [9.17, 15) is 4.79 Å². The van der Waals surface area contributed by atoms with E-state index in [-0.39, 0.29) is 5.78 Å². The minimum Gasteiger partial charge on any atom is -0.288 e. The summed E-state index contributed by atoms with van der Waals surface area (Å²) in [5.41, 5.74) is 2.32. The zero-order valence-corrected chi connectivity index (χ0v) is 10.8. The van der Waals surface area contributed by atoms with Crippen LogP contribution >= 0.6 is 22.6 Å². The molecule has 0 aliphatic rings. The highest BCUT2D eigenvalue weighted by atomic mass is 127. The largest absolute Gasteiger partial charge is 0.288 e. The van der Waals surface area contributed by atoms with Crippen LogP contribution in [-0.4, -0.2) is 15.8 Å². The first-order chi connectivity index (χ1) is 7.70. The molecular weight excluding hydrogens is 315 g/mol.